The highest BCUT2D eigenvalue weighted by atomic mass is 79.9. The highest BCUT2D eigenvalue weighted by molar-refractivity contribution is 9.10. The van der Waals surface area contributed by atoms with Crippen LogP contribution in [0.2, 0.25) is 5.02 Å². The molecule has 2 amide bonds. The molecular formula is C19H16BrClF3N3O2. The summed E-state index contributed by atoms with van der Waals surface area (Å²) in [6.07, 6.45) is -5.00. The predicted molar refractivity (Wildman–Crippen MR) is 109 cm³/mol. The molecule has 0 aliphatic rings. The number of carbonyl (C=O) groups is 2. The van der Waals surface area contributed by atoms with Gasteiger partial charge in [-0.05, 0) is 42.8 Å². The van der Waals surface area contributed by atoms with Gasteiger partial charge < -0.3 is 5.32 Å². The molecule has 0 aliphatic carbocycles. The lowest BCUT2D eigenvalue weighted by Crippen LogP contribution is -2.22. The van der Waals surface area contributed by atoms with E-state index in [9.17, 15) is 22.8 Å². The Kier molecular flexibility index (Phi) is 7.80. The third-order valence-corrected chi connectivity index (χ3v) is 4.62. The summed E-state index contributed by atoms with van der Waals surface area (Å²) in [5.41, 5.74) is 2.62. The zero-order valence-corrected chi connectivity index (χ0v) is 17.5. The number of amides is 2. The quantitative estimate of drug-likeness (QED) is 0.422. The molecule has 0 saturated heterocycles. The van der Waals surface area contributed by atoms with Crippen LogP contribution in [-0.4, -0.2) is 17.5 Å². The predicted octanol–water partition coefficient (Wildman–Crippen LogP) is 5.38. The second-order valence-corrected chi connectivity index (χ2v) is 7.30. The van der Waals surface area contributed by atoms with Crippen LogP contribution in [-0.2, 0) is 15.8 Å². The maximum Gasteiger partial charge on any atom is 0.416 e. The molecule has 2 aromatic rings. The van der Waals surface area contributed by atoms with Crippen molar-refractivity contribution in [3.63, 3.8) is 0 Å². The standard InChI is InChI=1S/C19H16BrClF3N3O2/c1-11(12-2-5-14(20)6-3-12)26-27-18(29)9-8-17(28)25-16-10-13(19(22,23)24)4-7-15(16)21/h2-7,10H,8-9H2,1H3,(H,25,28)(H,27,29)/b26-11+. The molecule has 0 spiro atoms. The van der Waals surface area contributed by atoms with E-state index in [0.29, 0.717) is 5.71 Å². The van der Waals surface area contributed by atoms with Crippen LogP contribution in [0.15, 0.2) is 52.0 Å². The van der Waals surface area contributed by atoms with E-state index in [1.54, 1.807) is 6.92 Å². The zero-order chi connectivity index (χ0) is 21.6. The number of carbonyl (C=O) groups excluding carboxylic acids is 2. The van der Waals surface area contributed by atoms with Gasteiger partial charge in [0.05, 0.1) is 22.0 Å². The summed E-state index contributed by atoms with van der Waals surface area (Å²) < 4.78 is 39.2. The van der Waals surface area contributed by atoms with Crippen LogP contribution in [0.5, 0.6) is 0 Å². The fraction of sp³-hybridized carbons (Fsp3) is 0.211. The van der Waals surface area contributed by atoms with Gasteiger partial charge in [-0.15, -0.1) is 0 Å². The van der Waals surface area contributed by atoms with Gasteiger partial charge in [0.2, 0.25) is 11.8 Å². The van der Waals surface area contributed by atoms with E-state index in [2.05, 4.69) is 31.8 Å². The minimum atomic E-state index is -4.56. The van der Waals surface area contributed by atoms with Crippen LogP contribution < -0.4 is 10.7 Å². The Hall–Kier alpha value is -2.39. The zero-order valence-electron chi connectivity index (χ0n) is 15.1. The largest absolute Gasteiger partial charge is 0.416 e. The topological polar surface area (TPSA) is 70.6 Å². The summed E-state index contributed by atoms with van der Waals surface area (Å²) in [7, 11) is 0. The molecule has 2 N–H and O–H groups in total. The van der Waals surface area contributed by atoms with Crippen LogP contribution in [0.4, 0.5) is 18.9 Å². The first-order chi connectivity index (χ1) is 13.6. The number of nitrogens with zero attached hydrogens (tertiary/aromatic N) is 1. The number of alkyl halides is 3. The van der Waals surface area contributed by atoms with Crippen molar-refractivity contribution in [2.24, 2.45) is 5.10 Å². The minimum absolute atomic E-state index is 0.0366. The van der Waals surface area contributed by atoms with E-state index in [0.717, 1.165) is 28.2 Å². The lowest BCUT2D eigenvalue weighted by Gasteiger charge is -2.11. The summed E-state index contributed by atoms with van der Waals surface area (Å²) in [6.45, 7) is 1.71. The normalized spacial score (nSPS) is 11.9. The van der Waals surface area contributed by atoms with Crippen molar-refractivity contribution < 1.29 is 22.8 Å². The molecule has 2 rings (SSSR count). The summed E-state index contributed by atoms with van der Waals surface area (Å²) in [6, 6.07) is 9.91. The van der Waals surface area contributed by atoms with Crippen LogP contribution in [0.1, 0.15) is 30.9 Å². The third kappa shape index (κ3) is 7.17. The number of benzene rings is 2. The van der Waals surface area contributed by atoms with Gasteiger partial charge in [0.25, 0.3) is 0 Å². The van der Waals surface area contributed by atoms with E-state index in [1.807, 2.05) is 24.3 Å². The number of anilines is 1. The van der Waals surface area contributed by atoms with Crippen molar-refractivity contribution in [3.05, 3.63) is 63.1 Å². The van der Waals surface area contributed by atoms with Crippen LogP contribution in [0.25, 0.3) is 0 Å². The summed E-state index contributed by atoms with van der Waals surface area (Å²) in [4.78, 5) is 23.8. The molecule has 0 aliphatic heterocycles. The minimum Gasteiger partial charge on any atom is -0.325 e. The van der Waals surface area contributed by atoms with Crippen LogP contribution in [0, 0.1) is 0 Å². The average molecular weight is 491 g/mol. The summed E-state index contributed by atoms with van der Waals surface area (Å²) in [5.74, 6) is -1.15. The molecule has 0 unspecified atom stereocenters. The van der Waals surface area contributed by atoms with E-state index in [1.165, 1.54) is 0 Å². The fourth-order valence-corrected chi connectivity index (χ4v) is 2.62. The Labute approximate surface area is 178 Å². The lowest BCUT2D eigenvalue weighted by atomic mass is 10.1. The molecule has 154 valence electrons. The van der Waals surface area contributed by atoms with E-state index >= 15 is 0 Å². The highest BCUT2D eigenvalue weighted by Gasteiger charge is 2.31. The van der Waals surface area contributed by atoms with E-state index in [4.69, 9.17) is 11.6 Å². The number of rotatable bonds is 6. The summed E-state index contributed by atoms with van der Waals surface area (Å²) in [5, 5.41) is 6.21. The van der Waals surface area contributed by atoms with Gasteiger partial charge in [0.15, 0.2) is 0 Å². The molecule has 0 bridgehead atoms. The molecule has 0 radical (unpaired) electrons. The van der Waals surface area contributed by atoms with Gasteiger partial charge in [0, 0.05) is 17.3 Å². The van der Waals surface area contributed by atoms with Crippen molar-refractivity contribution in [1.82, 2.24) is 5.43 Å². The molecule has 0 aromatic heterocycles. The van der Waals surface area contributed by atoms with Gasteiger partial charge >= 0.3 is 6.18 Å². The third-order valence-electron chi connectivity index (χ3n) is 3.76. The fourth-order valence-electron chi connectivity index (χ4n) is 2.19. The van der Waals surface area contributed by atoms with E-state index < -0.39 is 23.6 Å². The Morgan fingerprint density at radius 2 is 1.69 bits per heavy atom. The maximum atomic E-state index is 12.8. The van der Waals surface area contributed by atoms with E-state index in [-0.39, 0.29) is 23.6 Å². The van der Waals surface area contributed by atoms with Crippen molar-refractivity contribution >= 4 is 50.7 Å². The summed E-state index contributed by atoms with van der Waals surface area (Å²) >= 11 is 9.14. The van der Waals surface area contributed by atoms with Gasteiger partial charge in [-0.1, -0.05) is 39.7 Å². The number of nitrogens with one attached hydrogen (secondary N) is 2. The Morgan fingerprint density at radius 1 is 1.07 bits per heavy atom. The maximum absolute atomic E-state index is 12.8. The number of halogens is 5. The Morgan fingerprint density at radius 3 is 2.31 bits per heavy atom. The molecular weight excluding hydrogens is 475 g/mol. The Balaban J connectivity index is 1.88. The van der Waals surface area contributed by atoms with Crippen LogP contribution >= 0.6 is 27.5 Å². The number of hydrazone groups is 1. The van der Waals surface area contributed by atoms with Crippen molar-refractivity contribution in [2.45, 2.75) is 25.9 Å². The molecule has 5 nitrogen and oxygen atoms in total. The van der Waals surface area contributed by atoms with Gasteiger partial charge in [-0.2, -0.15) is 18.3 Å². The molecule has 2 aromatic carbocycles. The molecule has 0 saturated carbocycles. The molecule has 0 fully saturated rings. The lowest BCUT2D eigenvalue weighted by molar-refractivity contribution is -0.137. The highest BCUT2D eigenvalue weighted by Crippen LogP contribution is 2.33. The van der Waals surface area contributed by atoms with Gasteiger partial charge in [-0.3, -0.25) is 9.59 Å². The first kappa shape index (κ1) is 22.9. The molecule has 0 heterocycles. The number of hydrogen-bond donors (Lipinski definition) is 2. The van der Waals surface area contributed by atoms with Gasteiger partial charge in [0.1, 0.15) is 0 Å². The Bertz CT molecular complexity index is 931. The monoisotopic (exact) mass is 489 g/mol. The van der Waals surface area contributed by atoms with Gasteiger partial charge in [-0.25, -0.2) is 5.43 Å². The first-order valence-corrected chi connectivity index (χ1v) is 9.49. The van der Waals surface area contributed by atoms with Crippen molar-refractivity contribution in [1.29, 1.82) is 0 Å². The molecule has 0 atom stereocenters. The van der Waals surface area contributed by atoms with Crippen molar-refractivity contribution in [3.8, 4) is 0 Å². The average Bonchev–Trinajstić information content (AvgIpc) is 2.66. The molecule has 10 heteroatoms. The SMILES string of the molecule is C/C(=N\NC(=O)CCC(=O)Nc1cc(C(F)(F)F)ccc1Cl)c1ccc(Br)cc1. The second kappa shape index (κ2) is 9.89. The molecule has 29 heavy (non-hydrogen) atoms. The van der Waals surface area contributed by atoms with Crippen LogP contribution in [0.3, 0.4) is 0 Å². The van der Waals surface area contributed by atoms with Crippen molar-refractivity contribution in [2.75, 3.05) is 5.32 Å². The second-order valence-electron chi connectivity index (χ2n) is 5.98. The smallest absolute Gasteiger partial charge is 0.325 e. The number of hydrogen-bond acceptors (Lipinski definition) is 3. The first-order valence-electron chi connectivity index (χ1n) is 8.32.